The molecule has 2 heterocycles. The van der Waals surface area contributed by atoms with Crippen molar-refractivity contribution in [1.29, 1.82) is 5.26 Å². The summed E-state index contributed by atoms with van der Waals surface area (Å²) in [6.45, 7) is 6.85. The van der Waals surface area contributed by atoms with Crippen LogP contribution in [0.4, 0.5) is 8.78 Å². The van der Waals surface area contributed by atoms with Crippen molar-refractivity contribution in [2.24, 2.45) is 5.41 Å². The van der Waals surface area contributed by atoms with E-state index >= 15 is 4.39 Å². The summed E-state index contributed by atoms with van der Waals surface area (Å²) in [6.07, 6.45) is 4.10. The fourth-order valence-electron chi connectivity index (χ4n) is 3.76. The van der Waals surface area contributed by atoms with E-state index in [1.54, 1.807) is 6.07 Å². The van der Waals surface area contributed by atoms with Gasteiger partial charge in [0.25, 0.3) is 0 Å². The Bertz CT molecular complexity index is 1350. The number of nitrogens with one attached hydrogen (secondary N) is 1. The van der Waals surface area contributed by atoms with Gasteiger partial charge < -0.3 is 4.57 Å². The standard InChI is InChI=1S/C23H24F2N4O2S/c1-23(2,3)13-29-12-15(10-28-32(30,31)17-4-5-17)18-7-20(25)19(8-21(18)29)22-14(9-26)6-16(24)11-27-22/h6-8,11-12,17,28H,4-5,10,13H2,1-3H3. The minimum absolute atomic E-state index is 0.0590. The minimum Gasteiger partial charge on any atom is -0.347 e. The predicted octanol–water partition coefficient (Wildman–Crippen LogP) is 4.48. The first-order valence-corrected chi connectivity index (χ1v) is 11.9. The molecule has 0 aliphatic heterocycles. The average molecular weight is 459 g/mol. The number of halogens is 2. The Morgan fingerprint density at radius 2 is 1.97 bits per heavy atom. The van der Waals surface area contributed by atoms with Gasteiger partial charge in [0, 0.05) is 35.8 Å². The number of hydrogen-bond donors (Lipinski definition) is 1. The molecule has 32 heavy (non-hydrogen) atoms. The molecule has 3 aromatic rings. The lowest BCUT2D eigenvalue weighted by Gasteiger charge is -2.20. The molecule has 0 saturated heterocycles. The van der Waals surface area contributed by atoms with Gasteiger partial charge in [0.05, 0.1) is 22.7 Å². The van der Waals surface area contributed by atoms with Crippen LogP contribution >= 0.6 is 0 Å². The lowest BCUT2D eigenvalue weighted by Crippen LogP contribution is -2.26. The van der Waals surface area contributed by atoms with Crippen LogP contribution in [0.1, 0.15) is 44.7 Å². The number of nitriles is 1. The molecule has 1 aliphatic carbocycles. The highest BCUT2D eigenvalue weighted by molar-refractivity contribution is 7.90. The lowest BCUT2D eigenvalue weighted by molar-refractivity contribution is 0.349. The molecule has 0 spiro atoms. The molecule has 0 bridgehead atoms. The van der Waals surface area contributed by atoms with Gasteiger partial charge in [-0.25, -0.2) is 21.9 Å². The van der Waals surface area contributed by atoms with E-state index in [0.29, 0.717) is 35.9 Å². The fourth-order valence-corrected chi connectivity index (χ4v) is 5.11. The van der Waals surface area contributed by atoms with Gasteiger partial charge in [-0.1, -0.05) is 20.8 Å². The van der Waals surface area contributed by atoms with E-state index in [-0.39, 0.29) is 34.0 Å². The summed E-state index contributed by atoms with van der Waals surface area (Å²) < 4.78 is 57.9. The van der Waals surface area contributed by atoms with Crippen molar-refractivity contribution in [2.75, 3.05) is 0 Å². The van der Waals surface area contributed by atoms with Crippen LogP contribution in [0.2, 0.25) is 0 Å². The van der Waals surface area contributed by atoms with Crippen molar-refractivity contribution in [2.45, 2.75) is 52.0 Å². The molecule has 0 unspecified atom stereocenters. The average Bonchev–Trinajstić information content (AvgIpc) is 3.51. The number of pyridine rings is 1. The second-order valence-corrected chi connectivity index (χ2v) is 11.5. The SMILES string of the molecule is CC(C)(C)Cn1cc(CNS(=O)(=O)C2CC2)c2cc(F)c(-c3ncc(F)cc3C#N)cc21. The van der Waals surface area contributed by atoms with Gasteiger partial charge >= 0.3 is 0 Å². The zero-order valence-electron chi connectivity index (χ0n) is 18.1. The van der Waals surface area contributed by atoms with Crippen molar-refractivity contribution in [1.82, 2.24) is 14.3 Å². The zero-order valence-corrected chi connectivity index (χ0v) is 18.9. The van der Waals surface area contributed by atoms with Gasteiger partial charge in [0.2, 0.25) is 10.0 Å². The summed E-state index contributed by atoms with van der Waals surface area (Å²) >= 11 is 0. The molecule has 4 rings (SSSR count). The highest BCUT2D eigenvalue weighted by atomic mass is 32.2. The molecule has 0 amide bonds. The molecule has 1 N–H and O–H groups in total. The number of nitrogens with zero attached hydrogens (tertiary/aromatic N) is 3. The fraction of sp³-hybridized carbons (Fsp3) is 0.391. The summed E-state index contributed by atoms with van der Waals surface area (Å²) in [5, 5.41) is 9.60. The summed E-state index contributed by atoms with van der Waals surface area (Å²) in [7, 11) is -3.39. The maximum atomic E-state index is 15.2. The summed E-state index contributed by atoms with van der Waals surface area (Å²) in [6, 6.07) is 5.82. The molecule has 1 aliphatic rings. The third-order valence-electron chi connectivity index (χ3n) is 5.35. The van der Waals surface area contributed by atoms with Crippen LogP contribution in [0.3, 0.4) is 0 Å². The third kappa shape index (κ3) is 4.52. The van der Waals surface area contributed by atoms with E-state index in [0.717, 1.165) is 12.3 Å². The van der Waals surface area contributed by atoms with Gasteiger partial charge in [0.15, 0.2) is 0 Å². The topological polar surface area (TPSA) is 87.8 Å². The molecule has 1 aromatic carbocycles. The third-order valence-corrected chi connectivity index (χ3v) is 7.25. The number of rotatable bonds is 6. The predicted molar refractivity (Wildman–Crippen MR) is 118 cm³/mol. The summed E-state index contributed by atoms with van der Waals surface area (Å²) in [4.78, 5) is 3.95. The minimum atomic E-state index is -3.39. The van der Waals surface area contributed by atoms with Crippen molar-refractivity contribution >= 4 is 20.9 Å². The van der Waals surface area contributed by atoms with Gasteiger partial charge in [-0.05, 0) is 42.0 Å². The molecule has 0 radical (unpaired) electrons. The molecule has 2 aromatic heterocycles. The second-order valence-electron chi connectivity index (χ2n) is 9.42. The number of fused-ring (bicyclic) bond motifs is 1. The first kappa shape index (κ1) is 22.4. The Balaban J connectivity index is 1.83. The largest absolute Gasteiger partial charge is 0.347 e. The molecule has 1 saturated carbocycles. The molecule has 168 valence electrons. The van der Waals surface area contributed by atoms with Crippen LogP contribution in [0, 0.1) is 28.4 Å². The highest BCUT2D eigenvalue weighted by Gasteiger charge is 2.35. The summed E-state index contributed by atoms with van der Waals surface area (Å²) in [5.41, 5.74) is 1.34. The van der Waals surface area contributed by atoms with E-state index in [2.05, 4.69) is 30.5 Å². The second kappa shape index (κ2) is 7.94. The maximum Gasteiger partial charge on any atom is 0.214 e. The molecule has 6 nitrogen and oxygen atoms in total. The lowest BCUT2D eigenvalue weighted by atomic mass is 9.97. The molecule has 1 fully saturated rings. The smallest absolute Gasteiger partial charge is 0.214 e. The number of hydrogen-bond acceptors (Lipinski definition) is 4. The Hall–Kier alpha value is -2.83. The van der Waals surface area contributed by atoms with E-state index in [9.17, 15) is 18.1 Å². The van der Waals surface area contributed by atoms with Crippen LogP contribution in [-0.2, 0) is 23.1 Å². The van der Waals surface area contributed by atoms with Gasteiger partial charge in [-0.15, -0.1) is 0 Å². The van der Waals surface area contributed by atoms with E-state index in [1.165, 1.54) is 6.07 Å². The van der Waals surface area contributed by atoms with Gasteiger partial charge in [0.1, 0.15) is 17.7 Å². The van der Waals surface area contributed by atoms with Crippen LogP contribution < -0.4 is 4.72 Å². The van der Waals surface area contributed by atoms with Crippen molar-refractivity contribution in [3.8, 4) is 17.3 Å². The van der Waals surface area contributed by atoms with E-state index in [1.807, 2.05) is 16.8 Å². The Morgan fingerprint density at radius 3 is 2.59 bits per heavy atom. The first-order valence-electron chi connectivity index (χ1n) is 10.3. The van der Waals surface area contributed by atoms with Crippen LogP contribution in [-0.4, -0.2) is 23.2 Å². The van der Waals surface area contributed by atoms with Gasteiger partial charge in [-0.3, -0.25) is 4.98 Å². The van der Waals surface area contributed by atoms with Crippen molar-refractivity contribution < 1.29 is 17.2 Å². The highest BCUT2D eigenvalue weighted by Crippen LogP contribution is 2.33. The number of aromatic nitrogens is 2. The first-order chi connectivity index (χ1) is 15.0. The van der Waals surface area contributed by atoms with Crippen LogP contribution in [0.25, 0.3) is 22.2 Å². The molecular weight excluding hydrogens is 434 g/mol. The van der Waals surface area contributed by atoms with Crippen LogP contribution in [0.5, 0.6) is 0 Å². The van der Waals surface area contributed by atoms with E-state index < -0.39 is 21.7 Å². The molecular formula is C23H24F2N4O2S. The molecule has 0 atom stereocenters. The van der Waals surface area contributed by atoms with Crippen LogP contribution in [0.15, 0.2) is 30.6 Å². The quantitative estimate of drug-likeness (QED) is 0.590. The Morgan fingerprint density at radius 1 is 1.25 bits per heavy atom. The maximum absolute atomic E-state index is 15.2. The number of benzene rings is 1. The van der Waals surface area contributed by atoms with Gasteiger partial charge in [-0.2, -0.15) is 5.26 Å². The molecule has 9 heteroatoms. The number of sulfonamides is 1. The Kier molecular flexibility index (Phi) is 5.55. The zero-order chi connectivity index (χ0) is 23.3. The monoisotopic (exact) mass is 458 g/mol. The van der Waals surface area contributed by atoms with Crippen molar-refractivity contribution in [3.63, 3.8) is 0 Å². The van der Waals surface area contributed by atoms with E-state index in [4.69, 9.17) is 0 Å². The normalized spacial score (nSPS) is 14.6. The summed E-state index contributed by atoms with van der Waals surface area (Å²) in [5.74, 6) is -1.29. The van der Waals surface area contributed by atoms with Crippen molar-refractivity contribution in [3.05, 3.63) is 53.4 Å². The Labute approximate surface area is 185 Å².